The zero-order valence-corrected chi connectivity index (χ0v) is 17.8. The van der Waals surface area contributed by atoms with Crippen LogP contribution in [0, 0.1) is 0 Å². The molecule has 4 nitrogen and oxygen atoms in total. The number of hydrogen-bond donors (Lipinski definition) is 1. The average Bonchev–Trinajstić information content (AvgIpc) is 2.68. The summed E-state index contributed by atoms with van der Waals surface area (Å²) in [6, 6.07) is 13.8. The maximum Gasteiger partial charge on any atom is 0.224 e. The van der Waals surface area contributed by atoms with Gasteiger partial charge in [-0.2, -0.15) is 0 Å². The Kier molecular flexibility index (Phi) is 8.65. The molecular weight excluding hydrogens is 406 g/mol. The third-order valence-electron chi connectivity index (χ3n) is 4.49. The number of carbonyl (C=O) groups is 1. The fraction of sp³-hybridized carbons (Fsp3) is 0.409. The van der Waals surface area contributed by atoms with E-state index in [0.717, 1.165) is 47.2 Å². The number of ether oxygens (including phenoxy) is 2. The number of carbonyl (C=O) groups excluding carboxylic acids is 1. The SMILES string of the molecule is CCCCC(Cc1cccc(OC)c1)NC(=O)Cc1cc(OC)ccc1Br. The number of methoxy groups -OCH3 is 2. The van der Waals surface area contributed by atoms with Crippen LogP contribution in [0.25, 0.3) is 0 Å². The normalized spacial score (nSPS) is 11.7. The van der Waals surface area contributed by atoms with Gasteiger partial charge >= 0.3 is 0 Å². The molecule has 0 spiro atoms. The third-order valence-corrected chi connectivity index (χ3v) is 5.27. The maximum absolute atomic E-state index is 12.7. The lowest BCUT2D eigenvalue weighted by atomic mass is 10.00. The summed E-state index contributed by atoms with van der Waals surface area (Å²) in [5.41, 5.74) is 2.08. The van der Waals surface area contributed by atoms with Crippen molar-refractivity contribution in [1.29, 1.82) is 0 Å². The van der Waals surface area contributed by atoms with Gasteiger partial charge in [-0.1, -0.05) is 47.8 Å². The van der Waals surface area contributed by atoms with Crippen molar-refractivity contribution in [3.63, 3.8) is 0 Å². The van der Waals surface area contributed by atoms with Crippen LogP contribution in [0.15, 0.2) is 46.9 Å². The molecule has 1 N–H and O–H groups in total. The molecule has 0 fully saturated rings. The van der Waals surface area contributed by atoms with Crippen molar-refractivity contribution in [2.75, 3.05) is 14.2 Å². The van der Waals surface area contributed by atoms with E-state index in [1.54, 1.807) is 14.2 Å². The van der Waals surface area contributed by atoms with Crippen LogP contribution in [-0.4, -0.2) is 26.2 Å². The lowest BCUT2D eigenvalue weighted by Crippen LogP contribution is -2.37. The second kappa shape index (κ2) is 11.0. The number of rotatable bonds is 10. The molecule has 0 radical (unpaired) electrons. The summed E-state index contributed by atoms with van der Waals surface area (Å²) in [5.74, 6) is 1.61. The predicted octanol–water partition coefficient (Wildman–Crippen LogP) is 4.93. The van der Waals surface area contributed by atoms with Crippen LogP contribution >= 0.6 is 15.9 Å². The van der Waals surface area contributed by atoms with Crippen molar-refractivity contribution >= 4 is 21.8 Å². The molecule has 2 rings (SSSR count). The van der Waals surface area contributed by atoms with E-state index in [1.807, 2.05) is 36.4 Å². The summed E-state index contributed by atoms with van der Waals surface area (Å²) in [4.78, 5) is 12.7. The largest absolute Gasteiger partial charge is 0.497 e. The summed E-state index contributed by atoms with van der Waals surface area (Å²) < 4.78 is 11.5. The molecule has 0 aliphatic carbocycles. The second-order valence-corrected chi connectivity index (χ2v) is 7.45. The number of nitrogens with one attached hydrogen (secondary N) is 1. The van der Waals surface area contributed by atoms with Crippen LogP contribution in [0.1, 0.15) is 37.3 Å². The first-order valence-electron chi connectivity index (χ1n) is 9.30. The van der Waals surface area contributed by atoms with Gasteiger partial charge < -0.3 is 14.8 Å². The highest BCUT2D eigenvalue weighted by Gasteiger charge is 2.15. The van der Waals surface area contributed by atoms with E-state index in [4.69, 9.17) is 9.47 Å². The van der Waals surface area contributed by atoms with Crippen molar-refractivity contribution in [3.8, 4) is 11.5 Å². The molecule has 1 unspecified atom stereocenters. The van der Waals surface area contributed by atoms with Crippen molar-refractivity contribution in [2.24, 2.45) is 0 Å². The van der Waals surface area contributed by atoms with Crippen molar-refractivity contribution in [1.82, 2.24) is 5.32 Å². The number of hydrogen-bond acceptors (Lipinski definition) is 3. The van der Waals surface area contributed by atoms with Crippen molar-refractivity contribution in [3.05, 3.63) is 58.1 Å². The molecule has 5 heteroatoms. The summed E-state index contributed by atoms with van der Waals surface area (Å²) in [6.45, 7) is 2.16. The van der Waals surface area contributed by atoms with E-state index in [2.05, 4.69) is 34.2 Å². The number of unbranched alkanes of at least 4 members (excludes halogenated alkanes) is 1. The summed E-state index contributed by atoms with van der Waals surface area (Å²) >= 11 is 3.52. The van der Waals surface area contributed by atoms with Gasteiger partial charge in [-0.05, 0) is 54.3 Å². The third kappa shape index (κ3) is 6.90. The van der Waals surface area contributed by atoms with E-state index in [0.29, 0.717) is 6.42 Å². The standard InChI is InChI=1S/C22H28BrNO3/c1-4-5-8-18(12-16-7-6-9-19(13-16)26-2)24-22(25)15-17-14-20(27-3)10-11-21(17)23/h6-7,9-11,13-14,18H,4-5,8,12,15H2,1-3H3,(H,24,25). The topological polar surface area (TPSA) is 47.6 Å². The average molecular weight is 434 g/mol. The van der Waals surface area contributed by atoms with Crippen LogP contribution in [-0.2, 0) is 17.6 Å². The van der Waals surface area contributed by atoms with Crippen LogP contribution < -0.4 is 14.8 Å². The summed E-state index contributed by atoms with van der Waals surface area (Å²) in [7, 11) is 3.30. The molecule has 0 saturated carbocycles. The minimum atomic E-state index is 0.0213. The van der Waals surface area contributed by atoms with Gasteiger partial charge in [0.25, 0.3) is 0 Å². The van der Waals surface area contributed by atoms with Crippen LogP contribution in [0.2, 0.25) is 0 Å². The van der Waals surface area contributed by atoms with Gasteiger partial charge in [0.2, 0.25) is 5.91 Å². The Morgan fingerprint density at radius 1 is 1.11 bits per heavy atom. The molecular formula is C22H28BrNO3. The first-order chi connectivity index (χ1) is 13.0. The van der Waals surface area contributed by atoms with Gasteiger partial charge in [0.15, 0.2) is 0 Å². The van der Waals surface area contributed by atoms with E-state index >= 15 is 0 Å². The quantitative estimate of drug-likeness (QED) is 0.577. The summed E-state index contributed by atoms with van der Waals surface area (Å²) in [6.07, 6.45) is 4.25. The molecule has 2 aromatic rings. The lowest BCUT2D eigenvalue weighted by Gasteiger charge is -2.19. The van der Waals surface area contributed by atoms with Crippen molar-refractivity contribution < 1.29 is 14.3 Å². The molecule has 0 saturated heterocycles. The van der Waals surface area contributed by atoms with Gasteiger partial charge in [-0.3, -0.25) is 4.79 Å². The van der Waals surface area contributed by atoms with E-state index in [1.165, 1.54) is 5.56 Å². The van der Waals surface area contributed by atoms with E-state index in [-0.39, 0.29) is 11.9 Å². The molecule has 0 aliphatic heterocycles. The minimum Gasteiger partial charge on any atom is -0.497 e. The Balaban J connectivity index is 2.04. The summed E-state index contributed by atoms with van der Waals surface area (Å²) in [5, 5.41) is 3.21. The highest BCUT2D eigenvalue weighted by molar-refractivity contribution is 9.10. The molecule has 27 heavy (non-hydrogen) atoms. The zero-order valence-electron chi connectivity index (χ0n) is 16.3. The number of amides is 1. The van der Waals surface area contributed by atoms with Crippen LogP contribution in [0.5, 0.6) is 11.5 Å². The molecule has 1 amide bonds. The van der Waals surface area contributed by atoms with Gasteiger partial charge in [0.05, 0.1) is 20.6 Å². The Morgan fingerprint density at radius 3 is 2.56 bits per heavy atom. The monoisotopic (exact) mass is 433 g/mol. The van der Waals surface area contributed by atoms with Gasteiger partial charge in [-0.15, -0.1) is 0 Å². The molecule has 0 heterocycles. The Labute approximate surface area is 170 Å². The predicted molar refractivity (Wildman–Crippen MR) is 113 cm³/mol. The first kappa shape index (κ1) is 21.3. The van der Waals surface area contributed by atoms with Gasteiger partial charge in [0.1, 0.15) is 11.5 Å². The Morgan fingerprint density at radius 2 is 1.85 bits per heavy atom. The van der Waals surface area contributed by atoms with Gasteiger partial charge in [0, 0.05) is 10.5 Å². The van der Waals surface area contributed by atoms with Gasteiger partial charge in [-0.25, -0.2) is 0 Å². The fourth-order valence-corrected chi connectivity index (χ4v) is 3.41. The molecule has 1 atom stereocenters. The second-order valence-electron chi connectivity index (χ2n) is 6.60. The lowest BCUT2D eigenvalue weighted by molar-refractivity contribution is -0.121. The molecule has 0 aromatic heterocycles. The Hall–Kier alpha value is -2.01. The first-order valence-corrected chi connectivity index (χ1v) is 10.1. The maximum atomic E-state index is 12.7. The molecule has 0 bridgehead atoms. The van der Waals surface area contributed by atoms with Crippen LogP contribution in [0.3, 0.4) is 0 Å². The highest BCUT2D eigenvalue weighted by atomic mass is 79.9. The highest BCUT2D eigenvalue weighted by Crippen LogP contribution is 2.23. The molecule has 146 valence electrons. The fourth-order valence-electron chi connectivity index (χ4n) is 3.02. The van der Waals surface area contributed by atoms with Crippen molar-refractivity contribution in [2.45, 2.75) is 45.1 Å². The van der Waals surface area contributed by atoms with E-state index in [9.17, 15) is 4.79 Å². The smallest absolute Gasteiger partial charge is 0.224 e. The number of halogens is 1. The van der Waals surface area contributed by atoms with Crippen LogP contribution in [0.4, 0.5) is 0 Å². The Bertz CT molecular complexity index is 748. The molecule has 2 aromatic carbocycles. The minimum absolute atomic E-state index is 0.0213. The number of benzene rings is 2. The van der Waals surface area contributed by atoms with E-state index < -0.39 is 0 Å². The molecule has 0 aliphatic rings. The zero-order chi connectivity index (χ0) is 19.6.